The van der Waals surface area contributed by atoms with Gasteiger partial charge in [-0.15, -0.1) is 11.3 Å². The van der Waals surface area contributed by atoms with Gasteiger partial charge in [-0.1, -0.05) is 0 Å². The van der Waals surface area contributed by atoms with Crippen molar-refractivity contribution in [3.05, 3.63) is 40.9 Å². The van der Waals surface area contributed by atoms with Crippen LogP contribution in [0.25, 0.3) is 0 Å². The Kier molecular flexibility index (Phi) is 4.70. The number of hydrogen-bond donors (Lipinski definition) is 1. The van der Waals surface area contributed by atoms with Crippen molar-refractivity contribution in [2.24, 2.45) is 0 Å². The van der Waals surface area contributed by atoms with E-state index in [4.69, 9.17) is 4.74 Å². The number of ether oxygens (including phenoxy) is 1. The molecule has 1 N–H and O–H groups in total. The molecular weight excluding hydrogens is 288 g/mol. The van der Waals surface area contributed by atoms with E-state index in [0.29, 0.717) is 16.4 Å². The van der Waals surface area contributed by atoms with Gasteiger partial charge in [-0.3, -0.25) is 14.9 Å². The fraction of sp³-hybridized carbons (Fsp3) is 0.267. The standard InChI is InChI=1S/C15H16N2O3S/c1-9(2)20-12-6-4-11(5-7-12)14(19)17-15-16-13(8-21-15)10(3)18/h4-9H,1-3H3,(H,16,17,19). The maximum Gasteiger partial charge on any atom is 0.257 e. The number of amides is 1. The van der Waals surface area contributed by atoms with E-state index in [1.807, 2.05) is 13.8 Å². The summed E-state index contributed by atoms with van der Waals surface area (Å²) in [5, 5.41) is 4.70. The third kappa shape index (κ3) is 4.13. The Morgan fingerprint density at radius 3 is 2.43 bits per heavy atom. The van der Waals surface area contributed by atoms with Gasteiger partial charge in [0.15, 0.2) is 10.9 Å². The molecular formula is C15H16N2O3S. The molecule has 0 saturated heterocycles. The summed E-state index contributed by atoms with van der Waals surface area (Å²) in [4.78, 5) is 27.3. The van der Waals surface area contributed by atoms with E-state index in [9.17, 15) is 9.59 Å². The second-order valence-electron chi connectivity index (χ2n) is 4.74. The van der Waals surface area contributed by atoms with Crippen LogP contribution in [0.5, 0.6) is 5.75 Å². The molecule has 2 rings (SSSR count). The van der Waals surface area contributed by atoms with Crippen molar-refractivity contribution in [3.63, 3.8) is 0 Å². The zero-order valence-corrected chi connectivity index (χ0v) is 12.9. The summed E-state index contributed by atoms with van der Waals surface area (Å²) in [5.74, 6) is 0.326. The Morgan fingerprint density at radius 2 is 1.90 bits per heavy atom. The van der Waals surface area contributed by atoms with Crippen LogP contribution >= 0.6 is 11.3 Å². The Bertz CT molecular complexity index is 647. The van der Waals surface area contributed by atoms with Crippen molar-refractivity contribution in [2.45, 2.75) is 26.9 Å². The molecule has 1 amide bonds. The highest BCUT2D eigenvalue weighted by atomic mass is 32.1. The molecule has 2 aromatic rings. The van der Waals surface area contributed by atoms with Gasteiger partial charge < -0.3 is 4.74 Å². The molecule has 1 heterocycles. The van der Waals surface area contributed by atoms with E-state index >= 15 is 0 Å². The van der Waals surface area contributed by atoms with Gasteiger partial charge in [-0.2, -0.15) is 0 Å². The Morgan fingerprint density at radius 1 is 1.24 bits per heavy atom. The molecule has 0 spiro atoms. The summed E-state index contributed by atoms with van der Waals surface area (Å²) in [6.07, 6.45) is 0.0880. The normalized spacial score (nSPS) is 10.5. The average Bonchev–Trinajstić information content (AvgIpc) is 2.87. The Hall–Kier alpha value is -2.21. The number of carbonyl (C=O) groups excluding carboxylic acids is 2. The van der Waals surface area contributed by atoms with Crippen LogP contribution in [0.4, 0.5) is 5.13 Å². The fourth-order valence-electron chi connectivity index (χ4n) is 1.62. The Balaban J connectivity index is 2.04. The van der Waals surface area contributed by atoms with Crippen LogP contribution in [0.3, 0.4) is 0 Å². The second-order valence-corrected chi connectivity index (χ2v) is 5.60. The first-order valence-electron chi connectivity index (χ1n) is 6.50. The molecule has 0 aliphatic carbocycles. The number of nitrogens with one attached hydrogen (secondary N) is 1. The van der Waals surface area contributed by atoms with Gasteiger partial charge in [0.2, 0.25) is 0 Å². The molecule has 0 saturated carbocycles. The lowest BCUT2D eigenvalue weighted by atomic mass is 10.2. The summed E-state index contributed by atoms with van der Waals surface area (Å²) in [7, 11) is 0. The fourth-order valence-corrected chi connectivity index (χ4v) is 2.36. The predicted octanol–water partition coefficient (Wildman–Crippen LogP) is 3.39. The van der Waals surface area contributed by atoms with Crippen molar-refractivity contribution in [1.29, 1.82) is 0 Å². The van der Waals surface area contributed by atoms with Gasteiger partial charge in [0.25, 0.3) is 5.91 Å². The van der Waals surface area contributed by atoms with Crippen LogP contribution in [-0.4, -0.2) is 22.8 Å². The van der Waals surface area contributed by atoms with Crippen LogP contribution in [0.1, 0.15) is 41.6 Å². The zero-order chi connectivity index (χ0) is 15.4. The number of aromatic nitrogens is 1. The van der Waals surface area contributed by atoms with Crippen LogP contribution < -0.4 is 10.1 Å². The van der Waals surface area contributed by atoms with Crippen molar-refractivity contribution >= 4 is 28.2 Å². The van der Waals surface area contributed by atoms with Crippen molar-refractivity contribution in [1.82, 2.24) is 4.98 Å². The molecule has 110 valence electrons. The Labute approximate surface area is 127 Å². The number of Topliss-reactive ketones (excluding diaryl/α,β-unsaturated/α-hetero) is 1. The molecule has 1 aromatic carbocycles. The number of ketones is 1. The van der Waals surface area contributed by atoms with Crippen LogP contribution in [0.2, 0.25) is 0 Å². The summed E-state index contributed by atoms with van der Waals surface area (Å²) >= 11 is 1.22. The summed E-state index contributed by atoms with van der Waals surface area (Å²) in [5.41, 5.74) is 0.863. The second kappa shape index (κ2) is 6.49. The number of rotatable bonds is 5. The quantitative estimate of drug-likeness (QED) is 0.860. The predicted molar refractivity (Wildman–Crippen MR) is 82.3 cm³/mol. The van der Waals surface area contributed by atoms with E-state index in [1.165, 1.54) is 18.3 Å². The van der Waals surface area contributed by atoms with E-state index in [0.717, 1.165) is 5.75 Å². The van der Waals surface area contributed by atoms with E-state index in [1.54, 1.807) is 29.6 Å². The number of carbonyl (C=O) groups is 2. The molecule has 5 nitrogen and oxygen atoms in total. The van der Waals surface area contributed by atoms with Gasteiger partial charge >= 0.3 is 0 Å². The first-order chi connectivity index (χ1) is 9.95. The minimum Gasteiger partial charge on any atom is -0.491 e. The smallest absolute Gasteiger partial charge is 0.257 e. The van der Waals surface area contributed by atoms with Crippen LogP contribution in [0.15, 0.2) is 29.6 Å². The molecule has 0 radical (unpaired) electrons. The third-order valence-electron chi connectivity index (χ3n) is 2.57. The van der Waals surface area contributed by atoms with Crippen LogP contribution in [-0.2, 0) is 0 Å². The lowest BCUT2D eigenvalue weighted by Gasteiger charge is -2.09. The average molecular weight is 304 g/mol. The molecule has 0 aliphatic heterocycles. The topological polar surface area (TPSA) is 68.3 Å². The number of hydrogen-bond acceptors (Lipinski definition) is 5. The first-order valence-corrected chi connectivity index (χ1v) is 7.38. The van der Waals surface area contributed by atoms with Crippen LogP contribution in [0, 0.1) is 0 Å². The first kappa shape index (κ1) is 15.2. The van der Waals surface area contributed by atoms with Gasteiger partial charge in [-0.05, 0) is 38.1 Å². The zero-order valence-electron chi connectivity index (χ0n) is 12.0. The molecule has 6 heteroatoms. The van der Waals surface area contributed by atoms with Gasteiger partial charge in [0.05, 0.1) is 6.10 Å². The molecule has 21 heavy (non-hydrogen) atoms. The number of thiazole rings is 1. The molecule has 0 aliphatic rings. The summed E-state index contributed by atoms with van der Waals surface area (Å²) in [6, 6.07) is 6.87. The molecule has 0 atom stereocenters. The number of anilines is 1. The molecule has 1 aromatic heterocycles. The minimum atomic E-state index is -0.268. The highest BCUT2D eigenvalue weighted by Crippen LogP contribution is 2.18. The maximum atomic E-state index is 12.1. The molecule has 0 unspecified atom stereocenters. The van der Waals surface area contributed by atoms with E-state index in [-0.39, 0.29) is 17.8 Å². The molecule has 0 fully saturated rings. The highest BCUT2D eigenvalue weighted by Gasteiger charge is 2.11. The maximum absolute atomic E-state index is 12.1. The van der Waals surface area contributed by atoms with Crippen molar-refractivity contribution < 1.29 is 14.3 Å². The lowest BCUT2D eigenvalue weighted by Crippen LogP contribution is -2.12. The summed E-state index contributed by atoms with van der Waals surface area (Å²) < 4.78 is 5.52. The van der Waals surface area contributed by atoms with Gasteiger partial charge in [0.1, 0.15) is 11.4 Å². The van der Waals surface area contributed by atoms with Crippen molar-refractivity contribution in [3.8, 4) is 5.75 Å². The monoisotopic (exact) mass is 304 g/mol. The third-order valence-corrected chi connectivity index (χ3v) is 3.33. The highest BCUT2D eigenvalue weighted by molar-refractivity contribution is 7.14. The van der Waals surface area contributed by atoms with Gasteiger partial charge in [-0.25, -0.2) is 4.98 Å². The molecule has 0 bridgehead atoms. The van der Waals surface area contributed by atoms with Gasteiger partial charge in [0, 0.05) is 17.9 Å². The van der Waals surface area contributed by atoms with Crippen molar-refractivity contribution in [2.75, 3.05) is 5.32 Å². The minimum absolute atomic E-state index is 0.0880. The SMILES string of the molecule is CC(=O)c1csc(NC(=O)c2ccc(OC(C)C)cc2)n1. The number of nitrogens with zero attached hydrogens (tertiary/aromatic N) is 1. The summed E-state index contributed by atoms with van der Waals surface area (Å²) in [6.45, 7) is 5.32. The largest absolute Gasteiger partial charge is 0.491 e. The van der Waals surface area contributed by atoms with E-state index < -0.39 is 0 Å². The number of benzene rings is 1. The van der Waals surface area contributed by atoms with E-state index in [2.05, 4.69) is 10.3 Å². The lowest BCUT2D eigenvalue weighted by molar-refractivity contribution is 0.100.